The van der Waals surface area contributed by atoms with Gasteiger partial charge in [0.15, 0.2) is 0 Å². The highest BCUT2D eigenvalue weighted by Gasteiger charge is 2.15. The summed E-state index contributed by atoms with van der Waals surface area (Å²) in [6.45, 7) is 2.25. The quantitative estimate of drug-likeness (QED) is 0.164. The molecule has 0 aliphatic heterocycles. The van der Waals surface area contributed by atoms with E-state index < -0.39 is 0 Å². The van der Waals surface area contributed by atoms with Crippen molar-refractivity contribution >= 4 is 60.5 Å². The van der Waals surface area contributed by atoms with Crippen LogP contribution < -0.4 is 4.90 Å². The second kappa shape index (κ2) is 12.7. The lowest BCUT2D eigenvalue weighted by Gasteiger charge is -2.26. The van der Waals surface area contributed by atoms with Crippen LogP contribution in [0.5, 0.6) is 0 Å². The monoisotopic (exact) mass is 643 g/mol. The van der Waals surface area contributed by atoms with E-state index in [0.29, 0.717) is 0 Å². The number of benzene rings is 8. The third-order valence-corrected chi connectivity index (χ3v) is 10.0. The van der Waals surface area contributed by atoms with Crippen molar-refractivity contribution in [3.05, 3.63) is 175 Å². The van der Waals surface area contributed by atoms with Gasteiger partial charge >= 0.3 is 0 Å². The number of unbranched alkanes of at least 4 members (excludes halogenated alkanes) is 1. The van der Waals surface area contributed by atoms with Crippen LogP contribution in [-0.2, 0) is 6.42 Å². The molecule has 0 radical (unpaired) electrons. The molecule has 9 rings (SSSR count). The fraction of sp³-hybridized carbons (Fsp3) is 0.0833. The highest BCUT2D eigenvalue weighted by molar-refractivity contribution is 6.19. The van der Waals surface area contributed by atoms with Crippen molar-refractivity contribution < 1.29 is 4.42 Å². The summed E-state index contributed by atoms with van der Waals surface area (Å²) < 4.78 is 6.19. The molecule has 0 unspecified atom stereocenters. The Balaban J connectivity index is 1.05. The standard InChI is InChI=1S/C48H37NO/c1-2-3-9-33-14-15-36-16-18-38(31-40(36)30-33)34-20-25-42(26-21-34)49(41-10-5-4-6-11-41)43-27-22-35(23-28-43)39-19-17-37-24-29-47-48(45(37)32-39)44-12-7-8-13-46(44)50-47/h4-8,10-32H,2-3,9H2,1H3. The minimum Gasteiger partial charge on any atom is -0.456 e. The Morgan fingerprint density at radius 3 is 1.78 bits per heavy atom. The second-order valence-corrected chi connectivity index (χ2v) is 13.2. The molecular formula is C48H37NO. The van der Waals surface area contributed by atoms with Gasteiger partial charge in [-0.2, -0.15) is 0 Å². The molecule has 0 bridgehead atoms. The summed E-state index contributed by atoms with van der Waals surface area (Å²) in [5.74, 6) is 0. The number of aryl methyl sites for hydroxylation is 1. The van der Waals surface area contributed by atoms with Crippen molar-refractivity contribution in [1.82, 2.24) is 0 Å². The Morgan fingerprint density at radius 2 is 1.04 bits per heavy atom. The molecule has 0 atom stereocenters. The number of fused-ring (bicyclic) bond motifs is 6. The first-order valence-corrected chi connectivity index (χ1v) is 17.6. The summed E-state index contributed by atoms with van der Waals surface area (Å²) in [4.78, 5) is 2.33. The molecule has 0 amide bonds. The van der Waals surface area contributed by atoms with Crippen molar-refractivity contribution in [2.24, 2.45) is 0 Å². The molecule has 0 saturated carbocycles. The Labute approximate surface area is 292 Å². The lowest BCUT2D eigenvalue weighted by atomic mass is 9.97. The number of nitrogens with zero attached hydrogens (tertiary/aromatic N) is 1. The zero-order chi connectivity index (χ0) is 33.4. The first kappa shape index (κ1) is 30.0. The lowest BCUT2D eigenvalue weighted by molar-refractivity contribution is 0.669. The molecule has 0 N–H and O–H groups in total. The molecule has 9 aromatic rings. The molecule has 0 fully saturated rings. The number of hydrogen-bond acceptors (Lipinski definition) is 2. The molecule has 0 spiro atoms. The zero-order valence-corrected chi connectivity index (χ0v) is 28.1. The maximum atomic E-state index is 6.19. The average Bonchev–Trinajstić information content (AvgIpc) is 3.57. The molecule has 0 saturated heterocycles. The Hall–Kier alpha value is -6.12. The Kier molecular flexibility index (Phi) is 7.63. The normalized spacial score (nSPS) is 11.5. The summed E-state index contributed by atoms with van der Waals surface area (Å²) in [5, 5.41) is 7.35. The molecule has 50 heavy (non-hydrogen) atoms. The maximum Gasteiger partial charge on any atom is 0.136 e. The van der Waals surface area contributed by atoms with E-state index in [9.17, 15) is 0 Å². The molecular weight excluding hydrogens is 607 g/mol. The highest BCUT2D eigenvalue weighted by Crippen LogP contribution is 2.39. The van der Waals surface area contributed by atoms with Gasteiger partial charge in [0.05, 0.1) is 0 Å². The predicted octanol–water partition coefficient (Wildman–Crippen LogP) is 14.0. The van der Waals surface area contributed by atoms with Crippen LogP contribution in [0.1, 0.15) is 25.3 Å². The number of furan rings is 1. The third kappa shape index (κ3) is 5.49. The number of anilines is 3. The number of para-hydroxylation sites is 2. The summed E-state index contributed by atoms with van der Waals surface area (Å²) in [6, 6.07) is 61.5. The van der Waals surface area contributed by atoms with Gasteiger partial charge in [0.2, 0.25) is 0 Å². The number of rotatable bonds is 8. The molecule has 240 valence electrons. The van der Waals surface area contributed by atoms with Crippen LogP contribution in [0.15, 0.2) is 174 Å². The topological polar surface area (TPSA) is 16.4 Å². The van der Waals surface area contributed by atoms with E-state index in [4.69, 9.17) is 4.42 Å². The van der Waals surface area contributed by atoms with Gasteiger partial charge in [-0.05, 0) is 123 Å². The summed E-state index contributed by atoms with van der Waals surface area (Å²) in [7, 11) is 0. The van der Waals surface area contributed by atoms with Crippen LogP contribution >= 0.6 is 0 Å². The van der Waals surface area contributed by atoms with Crippen LogP contribution in [0.3, 0.4) is 0 Å². The van der Waals surface area contributed by atoms with Gasteiger partial charge in [0.1, 0.15) is 11.2 Å². The molecule has 0 aliphatic carbocycles. The zero-order valence-electron chi connectivity index (χ0n) is 28.1. The lowest BCUT2D eigenvalue weighted by Crippen LogP contribution is -2.09. The number of hydrogen-bond donors (Lipinski definition) is 0. The average molecular weight is 644 g/mol. The summed E-state index contributed by atoms with van der Waals surface area (Å²) in [5.41, 5.74) is 11.4. The van der Waals surface area contributed by atoms with Crippen molar-refractivity contribution in [2.45, 2.75) is 26.2 Å². The van der Waals surface area contributed by atoms with E-state index in [-0.39, 0.29) is 0 Å². The van der Waals surface area contributed by atoms with Crippen LogP contribution in [0.2, 0.25) is 0 Å². The first-order valence-electron chi connectivity index (χ1n) is 17.6. The first-order chi connectivity index (χ1) is 24.7. The van der Waals surface area contributed by atoms with E-state index in [2.05, 4.69) is 170 Å². The molecule has 8 aromatic carbocycles. The molecule has 0 aliphatic rings. The third-order valence-electron chi connectivity index (χ3n) is 10.0. The van der Waals surface area contributed by atoms with Gasteiger partial charge in [-0.15, -0.1) is 0 Å². The van der Waals surface area contributed by atoms with Gasteiger partial charge in [-0.1, -0.05) is 123 Å². The summed E-state index contributed by atoms with van der Waals surface area (Å²) >= 11 is 0. The van der Waals surface area contributed by atoms with Gasteiger partial charge in [0.25, 0.3) is 0 Å². The fourth-order valence-electron chi connectivity index (χ4n) is 7.37. The summed E-state index contributed by atoms with van der Waals surface area (Å²) in [6.07, 6.45) is 3.58. The molecule has 2 nitrogen and oxygen atoms in total. The van der Waals surface area contributed by atoms with Crippen molar-refractivity contribution in [2.75, 3.05) is 4.90 Å². The highest BCUT2D eigenvalue weighted by atomic mass is 16.3. The Bertz CT molecular complexity index is 2610. The second-order valence-electron chi connectivity index (χ2n) is 13.2. The Morgan fingerprint density at radius 1 is 0.440 bits per heavy atom. The van der Waals surface area contributed by atoms with Crippen LogP contribution in [-0.4, -0.2) is 0 Å². The van der Waals surface area contributed by atoms with Crippen molar-refractivity contribution in [1.29, 1.82) is 0 Å². The van der Waals surface area contributed by atoms with Crippen LogP contribution in [0, 0.1) is 0 Å². The van der Waals surface area contributed by atoms with Crippen LogP contribution in [0.4, 0.5) is 17.1 Å². The SMILES string of the molecule is CCCCc1ccc2ccc(-c3ccc(N(c4ccccc4)c4ccc(-c5ccc6ccc7oc8ccccc8c7c6c5)cc4)cc3)cc2c1. The smallest absolute Gasteiger partial charge is 0.136 e. The van der Waals surface area contributed by atoms with Gasteiger partial charge in [-0.3, -0.25) is 0 Å². The largest absolute Gasteiger partial charge is 0.456 e. The van der Waals surface area contributed by atoms with Gasteiger partial charge < -0.3 is 9.32 Å². The predicted molar refractivity (Wildman–Crippen MR) is 213 cm³/mol. The van der Waals surface area contributed by atoms with Gasteiger partial charge in [0, 0.05) is 27.8 Å². The fourth-order valence-corrected chi connectivity index (χ4v) is 7.37. The van der Waals surface area contributed by atoms with E-state index in [1.54, 1.807) is 0 Å². The van der Waals surface area contributed by atoms with E-state index in [1.807, 2.05) is 12.1 Å². The molecule has 1 heterocycles. The van der Waals surface area contributed by atoms with Crippen molar-refractivity contribution in [3.8, 4) is 22.3 Å². The minimum atomic E-state index is 0.924. The molecule has 1 aromatic heterocycles. The maximum absolute atomic E-state index is 6.19. The van der Waals surface area contributed by atoms with Crippen molar-refractivity contribution in [3.63, 3.8) is 0 Å². The van der Waals surface area contributed by atoms with E-state index in [1.165, 1.54) is 67.6 Å². The van der Waals surface area contributed by atoms with E-state index in [0.717, 1.165) is 40.0 Å². The van der Waals surface area contributed by atoms with E-state index >= 15 is 0 Å². The van der Waals surface area contributed by atoms with Gasteiger partial charge in [-0.25, -0.2) is 0 Å². The minimum absolute atomic E-state index is 0.924. The van der Waals surface area contributed by atoms with Crippen LogP contribution in [0.25, 0.3) is 65.7 Å². The molecule has 2 heteroatoms.